The van der Waals surface area contributed by atoms with E-state index in [-0.39, 0.29) is 35.9 Å². The van der Waals surface area contributed by atoms with E-state index < -0.39 is 0 Å². The van der Waals surface area contributed by atoms with Gasteiger partial charge in [0.2, 0.25) is 0 Å². The van der Waals surface area contributed by atoms with Gasteiger partial charge in [0.15, 0.2) is 0 Å². The molecule has 160 valence electrons. The average molecular weight is 425 g/mol. The Morgan fingerprint density at radius 2 is 1.78 bits per heavy atom. The van der Waals surface area contributed by atoms with Crippen LogP contribution < -0.4 is 0 Å². The first-order valence-corrected chi connectivity index (χ1v) is 10.8. The number of aryl methyl sites for hydroxylation is 1. The Morgan fingerprint density at radius 3 is 2.59 bits per heavy atom. The van der Waals surface area contributed by atoms with Crippen molar-refractivity contribution in [1.29, 1.82) is 0 Å². The Labute approximate surface area is 186 Å². The summed E-state index contributed by atoms with van der Waals surface area (Å²) in [5, 5.41) is 0. The highest BCUT2D eigenvalue weighted by Crippen LogP contribution is 2.34. The monoisotopic (exact) mass is 425 g/mol. The van der Waals surface area contributed by atoms with E-state index in [0.717, 1.165) is 24.8 Å². The second-order valence-electron chi connectivity index (χ2n) is 8.34. The van der Waals surface area contributed by atoms with Crippen molar-refractivity contribution in [2.24, 2.45) is 0 Å². The lowest BCUT2D eigenvalue weighted by atomic mass is 9.86. The molecule has 32 heavy (non-hydrogen) atoms. The highest BCUT2D eigenvalue weighted by atomic mass is 16.2. The van der Waals surface area contributed by atoms with Gasteiger partial charge in [-0.05, 0) is 66.3 Å². The number of pyridine rings is 1. The molecule has 6 nitrogen and oxygen atoms in total. The van der Waals surface area contributed by atoms with Crippen LogP contribution in [0.3, 0.4) is 0 Å². The molecule has 3 amide bonds. The smallest absolute Gasteiger partial charge is 0.261 e. The molecular weight excluding hydrogens is 402 g/mol. The molecule has 0 spiro atoms. The van der Waals surface area contributed by atoms with Crippen molar-refractivity contribution >= 4 is 17.7 Å². The molecular formula is C26H23N3O3. The largest absolute Gasteiger partial charge is 0.335 e. The van der Waals surface area contributed by atoms with Gasteiger partial charge < -0.3 is 4.90 Å². The molecule has 0 unspecified atom stereocenters. The number of amides is 3. The van der Waals surface area contributed by atoms with E-state index in [1.54, 1.807) is 47.6 Å². The molecule has 0 saturated heterocycles. The zero-order valence-corrected chi connectivity index (χ0v) is 17.8. The van der Waals surface area contributed by atoms with Crippen LogP contribution in [0.15, 0.2) is 67.0 Å². The van der Waals surface area contributed by atoms with Crippen molar-refractivity contribution < 1.29 is 14.4 Å². The first kappa shape index (κ1) is 20.1. The van der Waals surface area contributed by atoms with Crippen LogP contribution in [-0.4, -0.2) is 39.6 Å². The number of fused-ring (bicyclic) bond motifs is 2. The number of imide groups is 1. The van der Waals surface area contributed by atoms with E-state index in [2.05, 4.69) is 17.1 Å². The highest BCUT2D eigenvalue weighted by molar-refractivity contribution is 6.22. The predicted molar refractivity (Wildman–Crippen MR) is 119 cm³/mol. The van der Waals surface area contributed by atoms with Crippen molar-refractivity contribution in [3.63, 3.8) is 0 Å². The van der Waals surface area contributed by atoms with Gasteiger partial charge in [-0.1, -0.05) is 24.3 Å². The van der Waals surface area contributed by atoms with Crippen LogP contribution in [0.25, 0.3) is 0 Å². The number of hydrogen-bond acceptors (Lipinski definition) is 4. The van der Waals surface area contributed by atoms with Gasteiger partial charge in [0, 0.05) is 25.0 Å². The minimum absolute atomic E-state index is 0.00114. The van der Waals surface area contributed by atoms with Gasteiger partial charge in [-0.3, -0.25) is 24.3 Å². The van der Waals surface area contributed by atoms with Gasteiger partial charge >= 0.3 is 0 Å². The van der Waals surface area contributed by atoms with Gasteiger partial charge in [0.05, 0.1) is 23.7 Å². The average Bonchev–Trinajstić information content (AvgIpc) is 3.07. The SMILES string of the molecule is CN(C(=O)c1ccc2c(c1)C(=O)N(Cc1ccncc1)C2=O)[C@@H]1CCCc2ccccc21. The first-order valence-electron chi connectivity index (χ1n) is 10.8. The Bertz CT molecular complexity index is 1220. The third-order valence-corrected chi connectivity index (χ3v) is 6.43. The number of aromatic nitrogens is 1. The molecule has 2 heterocycles. The number of benzene rings is 2. The molecule has 1 aliphatic heterocycles. The zero-order chi connectivity index (χ0) is 22.2. The van der Waals surface area contributed by atoms with Gasteiger partial charge in [0.1, 0.15) is 0 Å². The fourth-order valence-electron chi connectivity index (χ4n) is 4.71. The Kier molecular flexibility index (Phi) is 5.05. The lowest BCUT2D eigenvalue weighted by molar-refractivity contribution is 0.0641. The summed E-state index contributed by atoms with van der Waals surface area (Å²) in [6.07, 6.45) is 6.21. The Hall–Kier alpha value is -3.80. The molecule has 0 fully saturated rings. The number of carbonyl (C=O) groups is 3. The minimum atomic E-state index is -0.373. The van der Waals surface area contributed by atoms with E-state index in [4.69, 9.17) is 0 Å². The topological polar surface area (TPSA) is 70.6 Å². The third kappa shape index (κ3) is 3.38. The van der Waals surface area contributed by atoms with Crippen LogP contribution in [0.4, 0.5) is 0 Å². The normalized spacial score (nSPS) is 17.2. The molecule has 0 bridgehead atoms. The van der Waals surface area contributed by atoms with Crippen LogP contribution in [0, 0.1) is 0 Å². The van der Waals surface area contributed by atoms with Crippen molar-refractivity contribution in [2.75, 3.05) is 7.05 Å². The fourth-order valence-corrected chi connectivity index (χ4v) is 4.71. The van der Waals surface area contributed by atoms with Crippen LogP contribution in [0.1, 0.15) is 66.6 Å². The predicted octanol–water partition coefficient (Wildman–Crippen LogP) is 4.03. The first-order chi connectivity index (χ1) is 15.5. The number of hydrogen-bond donors (Lipinski definition) is 0. The molecule has 2 aromatic carbocycles. The summed E-state index contributed by atoms with van der Waals surface area (Å²) < 4.78 is 0. The molecule has 0 saturated carbocycles. The summed E-state index contributed by atoms with van der Waals surface area (Å²) >= 11 is 0. The molecule has 1 aromatic heterocycles. The summed E-state index contributed by atoms with van der Waals surface area (Å²) in [5.41, 5.74) is 4.33. The summed E-state index contributed by atoms with van der Waals surface area (Å²) in [5.74, 6) is -0.861. The van der Waals surface area contributed by atoms with Gasteiger partial charge in [0.25, 0.3) is 17.7 Å². The standard InChI is InChI=1S/C26H23N3O3/c1-28(23-8-4-6-18-5-2-3-7-20(18)23)24(30)19-9-10-21-22(15-19)26(32)29(25(21)31)16-17-11-13-27-14-12-17/h2-3,5,7,9-15,23H,4,6,8,16H2,1H3/t23-/m1/s1. The highest BCUT2D eigenvalue weighted by Gasteiger charge is 2.36. The quantitative estimate of drug-likeness (QED) is 0.592. The van der Waals surface area contributed by atoms with Crippen molar-refractivity contribution in [3.05, 3.63) is 100 Å². The van der Waals surface area contributed by atoms with Gasteiger partial charge in [-0.25, -0.2) is 0 Å². The van der Waals surface area contributed by atoms with Crippen molar-refractivity contribution in [2.45, 2.75) is 31.8 Å². The number of rotatable bonds is 4. The van der Waals surface area contributed by atoms with E-state index in [9.17, 15) is 14.4 Å². The molecule has 3 aromatic rings. The molecule has 1 atom stereocenters. The molecule has 5 rings (SSSR count). The van der Waals surface area contributed by atoms with Crippen LogP contribution >= 0.6 is 0 Å². The van der Waals surface area contributed by atoms with Crippen molar-refractivity contribution in [3.8, 4) is 0 Å². The number of nitrogens with zero attached hydrogens (tertiary/aromatic N) is 3. The fraction of sp³-hybridized carbons (Fsp3) is 0.231. The summed E-state index contributed by atoms with van der Waals surface area (Å²) in [4.78, 5) is 46.1. The van der Waals surface area contributed by atoms with Crippen LogP contribution in [-0.2, 0) is 13.0 Å². The Morgan fingerprint density at radius 1 is 1.03 bits per heavy atom. The molecule has 6 heteroatoms. The minimum Gasteiger partial charge on any atom is -0.335 e. The molecule has 1 aliphatic carbocycles. The summed E-state index contributed by atoms with van der Waals surface area (Å²) in [6, 6.07) is 16.6. The molecule has 0 N–H and O–H groups in total. The molecule has 0 radical (unpaired) electrons. The van der Waals surface area contributed by atoms with Crippen LogP contribution in [0.5, 0.6) is 0 Å². The lowest BCUT2D eigenvalue weighted by Crippen LogP contribution is -2.33. The maximum atomic E-state index is 13.3. The van der Waals surface area contributed by atoms with Gasteiger partial charge in [-0.15, -0.1) is 0 Å². The maximum Gasteiger partial charge on any atom is 0.261 e. The zero-order valence-electron chi connectivity index (χ0n) is 17.8. The second kappa shape index (κ2) is 8.04. The van der Waals surface area contributed by atoms with Gasteiger partial charge in [-0.2, -0.15) is 0 Å². The molecule has 2 aliphatic rings. The summed E-state index contributed by atoms with van der Waals surface area (Å²) in [6.45, 7) is 0.177. The van der Waals surface area contributed by atoms with Crippen LogP contribution in [0.2, 0.25) is 0 Å². The van der Waals surface area contributed by atoms with E-state index >= 15 is 0 Å². The lowest BCUT2D eigenvalue weighted by Gasteiger charge is -2.33. The van der Waals surface area contributed by atoms with E-state index in [1.165, 1.54) is 16.0 Å². The van der Waals surface area contributed by atoms with E-state index in [0.29, 0.717) is 11.1 Å². The number of carbonyl (C=O) groups excluding carboxylic acids is 3. The van der Waals surface area contributed by atoms with Crippen molar-refractivity contribution in [1.82, 2.24) is 14.8 Å². The summed E-state index contributed by atoms with van der Waals surface area (Å²) in [7, 11) is 1.81. The maximum absolute atomic E-state index is 13.3. The van der Waals surface area contributed by atoms with E-state index in [1.807, 2.05) is 19.2 Å². The second-order valence-corrected chi connectivity index (χ2v) is 8.34. The Balaban J connectivity index is 1.40. The third-order valence-electron chi connectivity index (χ3n) is 6.43.